The normalized spacial score (nSPS) is 15.2. The number of rotatable bonds is 21. The molecule has 13 nitrogen and oxygen atoms in total. The molecule has 1 saturated heterocycles. The van der Waals surface area contributed by atoms with Gasteiger partial charge in [0.15, 0.2) is 0 Å². The SMILES string of the molecule is CC/C(=C(\c1ccccc1)c1ccc(OCCN(C)C(=O)OCc2ccc(COCCC(=O)N[C@H](C(=O)N3C[C@H](O)C[C@H]3C(=O)NCc3ccc(-c4scnc4C)cc3)C(C)(C)C)cc2)cc1)c1ccccc1. The number of hydrogen-bond donors (Lipinski definition) is 3. The molecule has 1 fully saturated rings. The van der Waals surface area contributed by atoms with Crippen LogP contribution in [0.25, 0.3) is 21.6 Å². The van der Waals surface area contributed by atoms with Gasteiger partial charge < -0.3 is 39.8 Å². The number of nitrogens with one attached hydrogen (secondary N) is 2. The van der Waals surface area contributed by atoms with Gasteiger partial charge in [0.2, 0.25) is 17.7 Å². The number of amides is 4. The number of carbonyl (C=O) groups excluding carboxylic acids is 4. The van der Waals surface area contributed by atoms with E-state index in [2.05, 4.69) is 83.2 Å². The number of carbonyl (C=O) groups is 4. The zero-order chi connectivity index (χ0) is 51.9. The molecule has 3 atom stereocenters. The lowest BCUT2D eigenvalue weighted by Gasteiger charge is -2.35. The number of hydrogen-bond acceptors (Lipinski definition) is 10. The van der Waals surface area contributed by atoms with Crippen molar-refractivity contribution in [2.24, 2.45) is 5.41 Å². The van der Waals surface area contributed by atoms with Crippen LogP contribution in [0.15, 0.2) is 139 Å². The molecule has 6 aromatic rings. The Kier molecular flexibility index (Phi) is 18.7. The van der Waals surface area contributed by atoms with Gasteiger partial charge in [0, 0.05) is 33.0 Å². The predicted molar refractivity (Wildman–Crippen MR) is 286 cm³/mol. The highest BCUT2D eigenvalue weighted by atomic mass is 32.1. The van der Waals surface area contributed by atoms with Crippen LogP contribution in [0, 0.1) is 12.3 Å². The van der Waals surface area contributed by atoms with Crippen molar-refractivity contribution in [3.8, 4) is 16.2 Å². The van der Waals surface area contributed by atoms with E-state index in [1.54, 1.807) is 18.4 Å². The molecular weight excluding hydrogens is 939 g/mol. The maximum atomic E-state index is 14.0. The fourth-order valence-corrected chi connectivity index (χ4v) is 9.56. The molecule has 0 saturated carbocycles. The van der Waals surface area contributed by atoms with Crippen molar-refractivity contribution < 1.29 is 38.5 Å². The number of β-amino-alcohol motifs (C(OH)–C–C–N with tert-alkyl or cyclic N) is 1. The number of ether oxygens (including phenoxy) is 3. The molecule has 1 aliphatic heterocycles. The summed E-state index contributed by atoms with van der Waals surface area (Å²) in [5.74, 6) is -0.459. The van der Waals surface area contributed by atoms with Crippen LogP contribution in [-0.2, 0) is 43.6 Å². The van der Waals surface area contributed by atoms with E-state index < -0.39 is 35.6 Å². The minimum absolute atomic E-state index is 0.00875. The molecule has 7 rings (SSSR count). The van der Waals surface area contributed by atoms with Gasteiger partial charge in [0.05, 0.1) is 41.9 Å². The molecule has 382 valence electrons. The van der Waals surface area contributed by atoms with E-state index in [0.29, 0.717) is 18.9 Å². The van der Waals surface area contributed by atoms with Gasteiger partial charge in [-0.2, -0.15) is 0 Å². The first-order chi connectivity index (χ1) is 35.2. The number of aliphatic hydroxyl groups excluding tert-OH is 1. The van der Waals surface area contributed by atoms with Gasteiger partial charge in [-0.1, -0.05) is 149 Å². The second kappa shape index (κ2) is 25.5. The minimum atomic E-state index is -0.946. The summed E-state index contributed by atoms with van der Waals surface area (Å²) in [6.45, 7) is 11.0. The maximum absolute atomic E-state index is 14.0. The average molecular weight is 1010 g/mol. The van der Waals surface area contributed by atoms with Gasteiger partial charge in [-0.3, -0.25) is 14.4 Å². The molecule has 3 N–H and O–H groups in total. The quantitative estimate of drug-likeness (QED) is 0.0471. The molecule has 14 heteroatoms. The van der Waals surface area contributed by atoms with E-state index in [0.717, 1.165) is 50.4 Å². The van der Waals surface area contributed by atoms with Gasteiger partial charge in [0.25, 0.3) is 0 Å². The summed E-state index contributed by atoms with van der Waals surface area (Å²) >= 11 is 1.57. The van der Waals surface area contributed by atoms with Crippen molar-refractivity contribution in [3.63, 3.8) is 0 Å². The molecule has 1 aromatic heterocycles. The first kappa shape index (κ1) is 53.7. The molecular formula is C59H67N5O8S. The Bertz CT molecular complexity index is 2790. The molecule has 0 radical (unpaired) electrons. The summed E-state index contributed by atoms with van der Waals surface area (Å²) in [4.78, 5) is 61.9. The van der Waals surface area contributed by atoms with E-state index >= 15 is 0 Å². The Labute approximate surface area is 433 Å². The molecule has 0 bridgehead atoms. The Morgan fingerprint density at radius 3 is 2.04 bits per heavy atom. The third kappa shape index (κ3) is 14.7. The molecule has 2 heterocycles. The number of likely N-dealkylation sites (tertiary alicyclic amines) is 1. The lowest BCUT2D eigenvalue weighted by atomic mass is 9.85. The fraction of sp³-hybridized carbons (Fsp3) is 0.339. The number of benzene rings is 5. The standard InChI is InChI=1S/C59H67N5O8S/c1-7-50(44-14-10-8-11-15-44)53(45-16-12-9-13-17-45)46-26-28-49(29-27-46)71-33-31-63(6)58(69)72-38-43-20-18-42(19-21-43)37-70-32-30-52(66)62-55(59(3,4)5)57(68)64-36-48(65)34-51(64)56(67)60-35-41-22-24-47(25-23-41)54-40(2)61-39-73-54/h8-29,39,48,51,55,65H,7,30-38H2,1-6H3,(H,60,67)(H,62,66)/b53-50-/t48-,51+,55-/m1/s1. The lowest BCUT2D eigenvalue weighted by molar-refractivity contribution is -0.144. The summed E-state index contributed by atoms with van der Waals surface area (Å²) in [6.07, 6.45) is -0.357. The van der Waals surface area contributed by atoms with Crippen LogP contribution >= 0.6 is 11.3 Å². The summed E-state index contributed by atoms with van der Waals surface area (Å²) in [7, 11) is 1.67. The number of thiazole rings is 1. The monoisotopic (exact) mass is 1010 g/mol. The van der Waals surface area contributed by atoms with Gasteiger partial charge in [-0.05, 0) is 81.0 Å². The molecule has 1 aliphatic rings. The zero-order valence-electron chi connectivity index (χ0n) is 42.6. The van der Waals surface area contributed by atoms with E-state index in [4.69, 9.17) is 14.2 Å². The predicted octanol–water partition coefficient (Wildman–Crippen LogP) is 9.85. The highest BCUT2D eigenvalue weighted by molar-refractivity contribution is 7.13. The summed E-state index contributed by atoms with van der Waals surface area (Å²) < 4.78 is 17.4. The van der Waals surface area contributed by atoms with Crippen LogP contribution in [0.1, 0.15) is 86.0 Å². The van der Waals surface area contributed by atoms with Crippen LogP contribution in [-0.4, -0.2) is 95.2 Å². The summed E-state index contributed by atoms with van der Waals surface area (Å²) in [5.41, 5.74) is 11.6. The van der Waals surface area contributed by atoms with Crippen molar-refractivity contribution in [3.05, 3.63) is 178 Å². The number of likely N-dealkylation sites (N-methyl/N-ethyl adjacent to an activating group) is 1. The van der Waals surface area contributed by atoms with E-state index in [1.165, 1.54) is 26.5 Å². The van der Waals surface area contributed by atoms with Gasteiger partial charge in [-0.15, -0.1) is 11.3 Å². The van der Waals surface area contributed by atoms with Crippen LogP contribution in [0.2, 0.25) is 0 Å². The van der Waals surface area contributed by atoms with Crippen LogP contribution in [0.5, 0.6) is 5.75 Å². The topological polar surface area (TPSA) is 160 Å². The van der Waals surface area contributed by atoms with Crippen LogP contribution in [0.4, 0.5) is 4.79 Å². The van der Waals surface area contributed by atoms with Crippen molar-refractivity contribution in [2.75, 3.05) is 33.4 Å². The highest BCUT2D eigenvalue weighted by Crippen LogP contribution is 2.35. The van der Waals surface area contributed by atoms with Crippen molar-refractivity contribution in [1.29, 1.82) is 0 Å². The van der Waals surface area contributed by atoms with Crippen molar-refractivity contribution in [1.82, 2.24) is 25.4 Å². The number of aliphatic hydroxyl groups is 1. The first-order valence-electron chi connectivity index (χ1n) is 24.8. The average Bonchev–Trinajstić information content (AvgIpc) is 4.02. The zero-order valence-corrected chi connectivity index (χ0v) is 43.5. The Balaban J connectivity index is 0.811. The molecule has 4 amide bonds. The number of aryl methyl sites for hydroxylation is 1. The fourth-order valence-electron chi connectivity index (χ4n) is 8.75. The molecule has 5 aromatic carbocycles. The van der Waals surface area contributed by atoms with E-state index in [9.17, 15) is 24.3 Å². The lowest BCUT2D eigenvalue weighted by Crippen LogP contribution is -2.57. The maximum Gasteiger partial charge on any atom is 0.409 e. The molecule has 0 unspecified atom stereocenters. The van der Waals surface area contributed by atoms with Gasteiger partial charge >= 0.3 is 6.09 Å². The van der Waals surface area contributed by atoms with Gasteiger partial charge in [0.1, 0.15) is 31.0 Å². The number of nitrogens with zero attached hydrogens (tertiary/aromatic N) is 3. The highest BCUT2D eigenvalue weighted by Gasteiger charge is 2.44. The number of allylic oxidation sites excluding steroid dienone is 1. The van der Waals surface area contributed by atoms with Gasteiger partial charge in [-0.25, -0.2) is 9.78 Å². The minimum Gasteiger partial charge on any atom is -0.492 e. The van der Waals surface area contributed by atoms with Crippen molar-refractivity contribution in [2.45, 2.75) is 91.8 Å². The van der Waals surface area contributed by atoms with E-state index in [1.807, 2.05) is 106 Å². The summed E-state index contributed by atoms with van der Waals surface area (Å²) in [5, 5.41) is 16.4. The van der Waals surface area contributed by atoms with Crippen LogP contribution < -0.4 is 15.4 Å². The second-order valence-corrected chi connectivity index (χ2v) is 20.2. The third-order valence-corrected chi connectivity index (χ3v) is 13.8. The molecule has 0 aliphatic carbocycles. The Hall–Kier alpha value is -7.13. The Morgan fingerprint density at radius 1 is 0.808 bits per heavy atom. The Morgan fingerprint density at radius 2 is 1.42 bits per heavy atom. The van der Waals surface area contributed by atoms with Crippen molar-refractivity contribution >= 4 is 46.3 Å². The smallest absolute Gasteiger partial charge is 0.409 e. The largest absolute Gasteiger partial charge is 0.492 e. The first-order valence-corrected chi connectivity index (χ1v) is 25.7. The number of aromatic nitrogens is 1. The molecule has 73 heavy (non-hydrogen) atoms. The van der Waals surface area contributed by atoms with Crippen LogP contribution in [0.3, 0.4) is 0 Å². The van der Waals surface area contributed by atoms with E-state index in [-0.39, 0.29) is 57.6 Å². The second-order valence-electron chi connectivity index (χ2n) is 19.4. The summed E-state index contributed by atoms with van der Waals surface area (Å²) in [6, 6.07) is 42.5. The third-order valence-electron chi connectivity index (χ3n) is 12.8. The molecule has 0 spiro atoms.